The summed E-state index contributed by atoms with van der Waals surface area (Å²) >= 11 is 0. The summed E-state index contributed by atoms with van der Waals surface area (Å²) < 4.78 is 16.6. The molecule has 0 radical (unpaired) electrons. The maximum absolute atomic E-state index is 12.9. The van der Waals surface area contributed by atoms with Gasteiger partial charge in [-0.1, -0.05) is 6.07 Å². The van der Waals surface area contributed by atoms with Crippen molar-refractivity contribution in [2.75, 3.05) is 25.1 Å². The molecule has 1 amide bonds. The zero-order valence-electron chi connectivity index (χ0n) is 17.8. The van der Waals surface area contributed by atoms with Crippen LogP contribution < -0.4 is 10.1 Å². The number of hydrogen-bond acceptors (Lipinski definition) is 6. The van der Waals surface area contributed by atoms with E-state index in [1.165, 1.54) is 0 Å². The highest BCUT2D eigenvalue weighted by Crippen LogP contribution is 2.26. The standard InChI is InChI=1S/C24H28N2O5/c1-2-29-24(28)20-14-16-7-3-4-11-21(16)25-22(20)26-23(27)17-8-5-9-18(13-17)31-15-19-10-6-12-30-19/h5,8-9,13-14,19H,2-4,6-7,10-12,15H2,1H3,(H,25,26,27)/t19-/m0/s1. The second-order valence-corrected chi connectivity index (χ2v) is 7.85. The summed E-state index contributed by atoms with van der Waals surface area (Å²) in [6.45, 7) is 3.25. The first-order valence-corrected chi connectivity index (χ1v) is 11.0. The second kappa shape index (κ2) is 9.92. The van der Waals surface area contributed by atoms with Gasteiger partial charge >= 0.3 is 5.97 Å². The van der Waals surface area contributed by atoms with Gasteiger partial charge in [0, 0.05) is 17.9 Å². The average molecular weight is 424 g/mol. The van der Waals surface area contributed by atoms with Gasteiger partial charge in [-0.15, -0.1) is 0 Å². The molecule has 0 spiro atoms. The zero-order valence-corrected chi connectivity index (χ0v) is 17.8. The van der Waals surface area contributed by atoms with E-state index in [4.69, 9.17) is 14.2 Å². The van der Waals surface area contributed by atoms with E-state index in [0.29, 0.717) is 23.5 Å². The molecule has 2 heterocycles. The van der Waals surface area contributed by atoms with Gasteiger partial charge in [0.2, 0.25) is 0 Å². The summed E-state index contributed by atoms with van der Waals surface area (Å²) in [5, 5.41) is 2.81. The number of pyridine rings is 1. The Balaban J connectivity index is 1.52. The Hall–Kier alpha value is -2.93. The number of benzene rings is 1. The Morgan fingerprint density at radius 2 is 2.06 bits per heavy atom. The number of carbonyl (C=O) groups excluding carboxylic acids is 2. The predicted molar refractivity (Wildman–Crippen MR) is 116 cm³/mol. The van der Waals surface area contributed by atoms with Gasteiger partial charge < -0.3 is 19.5 Å². The molecule has 1 aromatic carbocycles. The Bertz CT molecular complexity index is 953. The average Bonchev–Trinajstić information content (AvgIpc) is 3.31. The van der Waals surface area contributed by atoms with Crippen molar-refractivity contribution in [3.63, 3.8) is 0 Å². The molecule has 164 valence electrons. The van der Waals surface area contributed by atoms with Gasteiger partial charge in [0.1, 0.15) is 23.7 Å². The van der Waals surface area contributed by atoms with Crippen LogP contribution in [0, 0.1) is 0 Å². The number of anilines is 1. The molecule has 4 rings (SSSR count). The maximum atomic E-state index is 12.9. The molecule has 0 unspecified atom stereocenters. The minimum absolute atomic E-state index is 0.101. The number of aryl methyl sites for hydroxylation is 2. The number of nitrogens with zero attached hydrogens (tertiary/aromatic N) is 1. The molecule has 7 nitrogen and oxygen atoms in total. The molecular weight excluding hydrogens is 396 g/mol. The minimum Gasteiger partial charge on any atom is -0.491 e. The van der Waals surface area contributed by atoms with E-state index < -0.39 is 5.97 Å². The number of hydrogen-bond donors (Lipinski definition) is 1. The van der Waals surface area contributed by atoms with Crippen LogP contribution in [0.5, 0.6) is 5.75 Å². The minimum atomic E-state index is -0.479. The molecule has 1 saturated heterocycles. The van der Waals surface area contributed by atoms with E-state index in [-0.39, 0.29) is 24.4 Å². The Morgan fingerprint density at radius 3 is 2.87 bits per heavy atom. The lowest BCUT2D eigenvalue weighted by Gasteiger charge is -2.18. The molecule has 2 aliphatic rings. The molecular formula is C24H28N2O5. The van der Waals surface area contributed by atoms with Gasteiger partial charge in [-0.2, -0.15) is 0 Å². The summed E-state index contributed by atoms with van der Waals surface area (Å²) in [7, 11) is 0. The zero-order chi connectivity index (χ0) is 21.6. The molecule has 31 heavy (non-hydrogen) atoms. The molecule has 1 atom stereocenters. The van der Waals surface area contributed by atoms with Crippen LogP contribution in [0.15, 0.2) is 30.3 Å². The lowest BCUT2D eigenvalue weighted by molar-refractivity contribution is 0.0527. The summed E-state index contributed by atoms with van der Waals surface area (Å²) in [6, 6.07) is 8.79. The third kappa shape index (κ3) is 5.22. The monoisotopic (exact) mass is 424 g/mol. The highest BCUT2D eigenvalue weighted by atomic mass is 16.5. The van der Waals surface area contributed by atoms with Crippen molar-refractivity contribution in [1.82, 2.24) is 4.98 Å². The quantitative estimate of drug-likeness (QED) is 0.678. The van der Waals surface area contributed by atoms with Crippen LogP contribution in [-0.4, -0.2) is 42.8 Å². The Kier molecular flexibility index (Phi) is 6.82. The van der Waals surface area contributed by atoms with Crippen molar-refractivity contribution < 1.29 is 23.8 Å². The van der Waals surface area contributed by atoms with Gasteiger partial charge in [0.25, 0.3) is 5.91 Å². The Morgan fingerprint density at radius 1 is 1.19 bits per heavy atom. The molecule has 1 aliphatic heterocycles. The van der Waals surface area contributed by atoms with Crippen LogP contribution >= 0.6 is 0 Å². The number of nitrogens with one attached hydrogen (secondary N) is 1. The third-order valence-corrected chi connectivity index (χ3v) is 5.58. The largest absolute Gasteiger partial charge is 0.491 e. The van der Waals surface area contributed by atoms with E-state index in [9.17, 15) is 9.59 Å². The number of fused-ring (bicyclic) bond motifs is 1. The molecule has 2 aromatic rings. The van der Waals surface area contributed by atoms with Crippen molar-refractivity contribution in [1.29, 1.82) is 0 Å². The molecule has 1 N–H and O–H groups in total. The van der Waals surface area contributed by atoms with E-state index in [0.717, 1.165) is 56.4 Å². The smallest absolute Gasteiger partial charge is 0.341 e. The van der Waals surface area contributed by atoms with Crippen LogP contribution in [-0.2, 0) is 22.3 Å². The molecule has 0 bridgehead atoms. The van der Waals surface area contributed by atoms with Crippen molar-refractivity contribution in [2.24, 2.45) is 0 Å². The summed E-state index contributed by atoms with van der Waals surface area (Å²) in [4.78, 5) is 30.0. The third-order valence-electron chi connectivity index (χ3n) is 5.58. The number of amides is 1. The predicted octanol–water partition coefficient (Wildman–Crippen LogP) is 3.95. The van der Waals surface area contributed by atoms with Crippen molar-refractivity contribution >= 4 is 17.7 Å². The summed E-state index contributed by atoms with van der Waals surface area (Å²) in [5.74, 6) is 0.0191. The van der Waals surface area contributed by atoms with E-state index in [2.05, 4.69) is 10.3 Å². The van der Waals surface area contributed by atoms with Crippen molar-refractivity contribution in [2.45, 2.75) is 51.6 Å². The van der Waals surface area contributed by atoms with Gasteiger partial charge in [-0.25, -0.2) is 9.78 Å². The van der Waals surface area contributed by atoms with Gasteiger partial charge in [-0.05, 0) is 75.3 Å². The lowest BCUT2D eigenvalue weighted by Crippen LogP contribution is -2.20. The first-order chi connectivity index (χ1) is 15.1. The molecule has 0 saturated carbocycles. The van der Waals surface area contributed by atoms with Crippen LogP contribution in [0.2, 0.25) is 0 Å². The highest BCUT2D eigenvalue weighted by molar-refractivity contribution is 6.07. The lowest BCUT2D eigenvalue weighted by atomic mass is 9.94. The second-order valence-electron chi connectivity index (χ2n) is 7.85. The van der Waals surface area contributed by atoms with Gasteiger partial charge in [-0.3, -0.25) is 4.79 Å². The van der Waals surface area contributed by atoms with Gasteiger partial charge in [0.05, 0.1) is 12.7 Å². The number of carbonyl (C=O) groups is 2. The molecule has 1 aromatic heterocycles. The van der Waals surface area contributed by atoms with Gasteiger partial charge in [0.15, 0.2) is 0 Å². The van der Waals surface area contributed by atoms with Crippen LogP contribution in [0.3, 0.4) is 0 Å². The fourth-order valence-electron chi connectivity index (χ4n) is 3.97. The fourth-order valence-corrected chi connectivity index (χ4v) is 3.97. The SMILES string of the molecule is CCOC(=O)c1cc2c(nc1NC(=O)c1cccc(OC[C@@H]3CCCO3)c1)CCCC2. The Labute approximate surface area is 182 Å². The highest BCUT2D eigenvalue weighted by Gasteiger charge is 2.22. The molecule has 1 aliphatic carbocycles. The fraction of sp³-hybridized carbons (Fsp3) is 0.458. The molecule has 1 fully saturated rings. The summed E-state index contributed by atoms with van der Waals surface area (Å²) in [5.41, 5.74) is 2.71. The normalized spacial score (nSPS) is 17.6. The molecule has 7 heteroatoms. The topological polar surface area (TPSA) is 86.8 Å². The number of rotatable bonds is 7. The first kappa shape index (κ1) is 21.3. The van der Waals surface area contributed by atoms with Crippen molar-refractivity contribution in [3.05, 3.63) is 52.7 Å². The number of ether oxygens (including phenoxy) is 3. The van der Waals surface area contributed by atoms with Crippen LogP contribution in [0.1, 0.15) is 64.6 Å². The van der Waals surface area contributed by atoms with E-state index in [1.807, 2.05) is 12.1 Å². The number of aromatic nitrogens is 1. The number of esters is 1. The van der Waals surface area contributed by atoms with Crippen molar-refractivity contribution in [3.8, 4) is 5.75 Å². The van der Waals surface area contributed by atoms with E-state index in [1.54, 1.807) is 25.1 Å². The van der Waals surface area contributed by atoms with E-state index >= 15 is 0 Å². The maximum Gasteiger partial charge on any atom is 0.341 e. The van der Waals surface area contributed by atoms with Crippen LogP contribution in [0.25, 0.3) is 0 Å². The van der Waals surface area contributed by atoms with Crippen LogP contribution in [0.4, 0.5) is 5.82 Å². The summed E-state index contributed by atoms with van der Waals surface area (Å²) in [6.07, 6.45) is 5.98. The first-order valence-electron chi connectivity index (χ1n) is 11.0.